The summed E-state index contributed by atoms with van der Waals surface area (Å²) in [6.45, 7) is 4.29. The predicted molar refractivity (Wildman–Crippen MR) is 85.8 cm³/mol. The Hall–Kier alpha value is -1.76. The van der Waals surface area contributed by atoms with Crippen molar-refractivity contribution >= 4 is 15.7 Å². The first kappa shape index (κ1) is 16.1. The monoisotopic (exact) mass is 339 g/mol. The number of sulfone groups is 1. The molecule has 1 fully saturated rings. The van der Waals surface area contributed by atoms with Crippen molar-refractivity contribution in [2.75, 3.05) is 19.0 Å². The number of amides is 1. The lowest BCUT2D eigenvalue weighted by Gasteiger charge is -2.35. The Balaban J connectivity index is 1.76. The highest BCUT2D eigenvalue weighted by Gasteiger charge is 2.41. The summed E-state index contributed by atoms with van der Waals surface area (Å²) in [7, 11) is -3.10. The molecule has 1 saturated heterocycles. The van der Waals surface area contributed by atoms with E-state index in [0.717, 1.165) is 0 Å². The molecule has 0 saturated carbocycles. The number of fused-ring (bicyclic) bond motifs is 1. The lowest BCUT2D eigenvalue weighted by atomic mass is 9.99. The SMILES string of the molecule is CC1(C)CC(NC(=O)c2cccc3c2OCCO3)CCS1(=O)=O. The van der Waals surface area contributed by atoms with E-state index >= 15 is 0 Å². The van der Waals surface area contributed by atoms with E-state index in [0.29, 0.717) is 43.1 Å². The topological polar surface area (TPSA) is 81.7 Å². The van der Waals surface area contributed by atoms with Gasteiger partial charge in [-0.1, -0.05) is 6.07 Å². The van der Waals surface area contributed by atoms with Crippen LogP contribution in [-0.2, 0) is 9.84 Å². The fraction of sp³-hybridized carbons (Fsp3) is 0.562. The van der Waals surface area contributed by atoms with Gasteiger partial charge in [0.15, 0.2) is 21.3 Å². The Morgan fingerprint density at radius 3 is 2.74 bits per heavy atom. The molecule has 1 atom stereocenters. The Bertz CT molecular complexity index is 726. The van der Waals surface area contributed by atoms with E-state index in [4.69, 9.17) is 9.47 Å². The Morgan fingerprint density at radius 2 is 2.00 bits per heavy atom. The maximum absolute atomic E-state index is 12.6. The number of rotatable bonds is 2. The molecule has 0 radical (unpaired) electrons. The largest absolute Gasteiger partial charge is 0.486 e. The lowest BCUT2D eigenvalue weighted by molar-refractivity contribution is 0.0919. The molecule has 2 aliphatic rings. The predicted octanol–water partition coefficient (Wildman–Crippen LogP) is 1.54. The smallest absolute Gasteiger partial charge is 0.255 e. The van der Waals surface area contributed by atoms with Crippen LogP contribution in [-0.4, -0.2) is 44.1 Å². The van der Waals surface area contributed by atoms with E-state index in [9.17, 15) is 13.2 Å². The highest BCUT2D eigenvalue weighted by molar-refractivity contribution is 7.92. The fourth-order valence-corrected chi connectivity index (χ4v) is 4.64. The van der Waals surface area contributed by atoms with Crippen molar-refractivity contribution in [3.8, 4) is 11.5 Å². The highest BCUT2D eigenvalue weighted by atomic mass is 32.2. The molecule has 6 nitrogen and oxygen atoms in total. The molecular weight excluding hydrogens is 318 g/mol. The van der Waals surface area contributed by atoms with Gasteiger partial charge in [0.25, 0.3) is 5.91 Å². The molecule has 0 bridgehead atoms. The molecule has 23 heavy (non-hydrogen) atoms. The zero-order chi connectivity index (χ0) is 16.7. The molecule has 3 rings (SSSR count). The quantitative estimate of drug-likeness (QED) is 0.884. The first-order chi connectivity index (χ1) is 10.8. The minimum absolute atomic E-state index is 0.0947. The third-order valence-electron chi connectivity index (χ3n) is 4.46. The maximum Gasteiger partial charge on any atom is 0.255 e. The fourth-order valence-electron chi connectivity index (χ4n) is 3.04. The van der Waals surface area contributed by atoms with E-state index < -0.39 is 14.6 Å². The van der Waals surface area contributed by atoms with Crippen LogP contribution in [0.25, 0.3) is 0 Å². The molecule has 2 aliphatic heterocycles. The van der Waals surface area contributed by atoms with Gasteiger partial charge in [0, 0.05) is 6.04 Å². The van der Waals surface area contributed by atoms with E-state index in [2.05, 4.69) is 5.32 Å². The summed E-state index contributed by atoms with van der Waals surface area (Å²) in [6, 6.07) is 5.04. The zero-order valence-electron chi connectivity index (χ0n) is 13.3. The summed E-state index contributed by atoms with van der Waals surface area (Å²) >= 11 is 0. The van der Waals surface area contributed by atoms with E-state index in [1.54, 1.807) is 32.0 Å². The average molecular weight is 339 g/mol. The van der Waals surface area contributed by atoms with E-state index in [1.807, 2.05) is 0 Å². The molecule has 1 unspecified atom stereocenters. The second-order valence-electron chi connectivity index (χ2n) is 6.57. The summed E-state index contributed by atoms with van der Waals surface area (Å²) in [4.78, 5) is 12.6. The van der Waals surface area contributed by atoms with Crippen molar-refractivity contribution in [2.45, 2.75) is 37.5 Å². The first-order valence-corrected chi connectivity index (χ1v) is 9.37. The number of nitrogens with one attached hydrogen (secondary N) is 1. The van der Waals surface area contributed by atoms with Crippen LogP contribution in [0.1, 0.15) is 37.0 Å². The number of hydrogen-bond acceptors (Lipinski definition) is 5. The molecule has 0 spiro atoms. The number of ether oxygens (including phenoxy) is 2. The zero-order valence-corrected chi connectivity index (χ0v) is 14.1. The average Bonchev–Trinajstić information content (AvgIpc) is 2.50. The summed E-state index contributed by atoms with van der Waals surface area (Å²) in [6.07, 6.45) is 0.845. The van der Waals surface area contributed by atoms with Crippen molar-refractivity contribution in [1.29, 1.82) is 0 Å². The third kappa shape index (κ3) is 3.02. The molecule has 0 aliphatic carbocycles. The number of benzene rings is 1. The van der Waals surface area contributed by atoms with Gasteiger partial charge in [0.05, 0.1) is 16.1 Å². The van der Waals surface area contributed by atoms with Crippen LogP contribution in [0.4, 0.5) is 0 Å². The van der Waals surface area contributed by atoms with Gasteiger partial charge in [0.1, 0.15) is 13.2 Å². The summed E-state index contributed by atoms with van der Waals surface area (Å²) in [5, 5.41) is 2.94. The van der Waals surface area contributed by atoms with Gasteiger partial charge in [-0.25, -0.2) is 8.42 Å². The van der Waals surface area contributed by atoms with Gasteiger partial charge < -0.3 is 14.8 Å². The Kier molecular flexibility index (Phi) is 4.00. The van der Waals surface area contributed by atoms with Gasteiger partial charge in [-0.3, -0.25) is 4.79 Å². The molecule has 126 valence electrons. The van der Waals surface area contributed by atoms with E-state index in [-0.39, 0.29) is 17.7 Å². The molecule has 0 aromatic heterocycles. The summed E-state index contributed by atoms with van der Waals surface area (Å²) in [5.41, 5.74) is 0.424. The van der Waals surface area contributed by atoms with Crippen LogP contribution in [0.2, 0.25) is 0 Å². The first-order valence-electron chi connectivity index (χ1n) is 7.72. The summed E-state index contributed by atoms with van der Waals surface area (Å²) < 4.78 is 34.3. The molecule has 1 amide bonds. The standard InChI is InChI=1S/C16H21NO5S/c1-16(2)10-11(6-9-23(16,19)20)17-15(18)12-4-3-5-13-14(12)22-8-7-21-13/h3-5,11H,6-10H2,1-2H3,(H,17,18). The molecule has 7 heteroatoms. The number of carbonyl (C=O) groups is 1. The minimum atomic E-state index is -3.10. The maximum atomic E-state index is 12.6. The molecule has 1 N–H and O–H groups in total. The third-order valence-corrected chi connectivity index (χ3v) is 7.08. The van der Waals surface area contributed by atoms with Gasteiger partial charge in [-0.2, -0.15) is 0 Å². The van der Waals surface area contributed by atoms with Crippen molar-refractivity contribution < 1.29 is 22.7 Å². The van der Waals surface area contributed by atoms with Gasteiger partial charge in [0.2, 0.25) is 0 Å². The normalized spacial score (nSPS) is 24.7. The number of hydrogen-bond donors (Lipinski definition) is 1. The van der Waals surface area contributed by atoms with Gasteiger partial charge in [-0.05, 0) is 38.8 Å². The van der Waals surface area contributed by atoms with Gasteiger partial charge in [-0.15, -0.1) is 0 Å². The van der Waals surface area contributed by atoms with Crippen LogP contribution >= 0.6 is 0 Å². The van der Waals surface area contributed by atoms with E-state index in [1.165, 1.54) is 0 Å². The minimum Gasteiger partial charge on any atom is -0.486 e. The molecule has 1 aromatic rings. The van der Waals surface area contributed by atoms with Crippen LogP contribution in [0.5, 0.6) is 11.5 Å². The van der Waals surface area contributed by atoms with Crippen molar-refractivity contribution in [1.82, 2.24) is 5.32 Å². The van der Waals surface area contributed by atoms with Crippen molar-refractivity contribution in [3.63, 3.8) is 0 Å². The highest BCUT2D eigenvalue weighted by Crippen LogP contribution is 2.34. The Morgan fingerprint density at radius 1 is 1.26 bits per heavy atom. The molecular formula is C16H21NO5S. The number of carbonyl (C=O) groups excluding carboxylic acids is 1. The molecule has 1 aromatic carbocycles. The van der Waals surface area contributed by atoms with Crippen molar-refractivity contribution in [3.05, 3.63) is 23.8 Å². The van der Waals surface area contributed by atoms with Crippen LogP contribution < -0.4 is 14.8 Å². The van der Waals surface area contributed by atoms with Crippen LogP contribution in [0.15, 0.2) is 18.2 Å². The van der Waals surface area contributed by atoms with Crippen molar-refractivity contribution in [2.24, 2.45) is 0 Å². The second-order valence-corrected chi connectivity index (χ2v) is 9.31. The number of para-hydroxylation sites is 1. The van der Waals surface area contributed by atoms with Crippen LogP contribution in [0.3, 0.4) is 0 Å². The Labute approximate surface area is 136 Å². The second kappa shape index (κ2) is 5.70. The molecule has 2 heterocycles. The lowest BCUT2D eigenvalue weighted by Crippen LogP contribution is -2.49. The summed E-state index contributed by atoms with van der Waals surface area (Å²) in [5.74, 6) is 0.860. The van der Waals surface area contributed by atoms with Gasteiger partial charge >= 0.3 is 0 Å². The van der Waals surface area contributed by atoms with Crippen LogP contribution in [0, 0.1) is 0 Å².